The van der Waals surface area contributed by atoms with Gasteiger partial charge in [-0.3, -0.25) is 0 Å². The smallest absolute Gasteiger partial charge is 0.107 e. The maximum absolute atomic E-state index is 5.99. The van der Waals surface area contributed by atoms with Crippen molar-refractivity contribution >= 4 is 22.6 Å². The van der Waals surface area contributed by atoms with Crippen molar-refractivity contribution in [3.63, 3.8) is 0 Å². The monoisotopic (exact) mass is 276 g/mol. The van der Waals surface area contributed by atoms with Crippen LogP contribution in [-0.2, 0) is 6.42 Å². The third-order valence-electron chi connectivity index (χ3n) is 4.24. The van der Waals surface area contributed by atoms with E-state index in [0.717, 1.165) is 34.2 Å². The largest absolute Gasteiger partial charge is 0.342 e. The molecule has 1 aromatic carbocycles. The Labute approximate surface area is 119 Å². The number of H-pyrrole nitrogens is 1. The molecule has 0 saturated heterocycles. The highest BCUT2D eigenvalue weighted by Gasteiger charge is 2.13. The highest BCUT2D eigenvalue weighted by Crippen LogP contribution is 2.27. The minimum absolute atomic E-state index is 0.768. The van der Waals surface area contributed by atoms with Gasteiger partial charge in [-0.1, -0.05) is 50.1 Å². The molecule has 1 saturated carbocycles. The highest BCUT2D eigenvalue weighted by molar-refractivity contribution is 6.31. The average Bonchev–Trinajstić information content (AvgIpc) is 2.82. The first-order chi connectivity index (χ1) is 9.31. The third kappa shape index (κ3) is 3.30. The van der Waals surface area contributed by atoms with Crippen LogP contribution in [0.5, 0.6) is 0 Å². The predicted octanol–water partition coefficient (Wildman–Crippen LogP) is 5.12. The molecule has 0 atom stereocenters. The fraction of sp³-hybridized carbons (Fsp3) is 0.562. The number of nitrogens with one attached hydrogen (secondary N) is 1. The number of benzene rings is 1. The first-order valence-electron chi connectivity index (χ1n) is 7.45. The Balaban J connectivity index is 1.56. The molecule has 102 valence electrons. The number of aromatic amines is 1. The van der Waals surface area contributed by atoms with Gasteiger partial charge in [0.15, 0.2) is 0 Å². The topological polar surface area (TPSA) is 28.7 Å². The minimum atomic E-state index is 0.768. The van der Waals surface area contributed by atoms with Crippen molar-refractivity contribution in [1.29, 1.82) is 0 Å². The molecule has 19 heavy (non-hydrogen) atoms. The van der Waals surface area contributed by atoms with E-state index in [0.29, 0.717) is 0 Å². The number of hydrogen-bond donors (Lipinski definition) is 1. The molecule has 1 heterocycles. The van der Waals surface area contributed by atoms with Gasteiger partial charge in [-0.2, -0.15) is 0 Å². The van der Waals surface area contributed by atoms with Crippen LogP contribution >= 0.6 is 11.6 Å². The summed E-state index contributed by atoms with van der Waals surface area (Å²) in [4.78, 5) is 8.00. The summed E-state index contributed by atoms with van der Waals surface area (Å²) in [6.45, 7) is 0. The molecule has 1 aliphatic carbocycles. The average molecular weight is 277 g/mol. The van der Waals surface area contributed by atoms with E-state index in [1.165, 1.54) is 44.9 Å². The van der Waals surface area contributed by atoms with E-state index in [9.17, 15) is 0 Å². The standard InChI is InChI=1S/C16H21ClN2/c17-13-9-10-14-15(11-13)19-16(18-14)8-4-7-12-5-2-1-3-6-12/h9-12H,1-8H2,(H,18,19). The summed E-state index contributed by atoms with van der Waals surface area (Å²) in [5.41, 5.74) is 2.08. The summed E-state index contributed by atoms with van der Waals surface area (Å²) in [6, 6.07) is 5.84. The van der Waals surface area contributed by atoms with E-state index in [4.69, 9.17) is 11.6 Å². The lowest BCUT2D eigenvalue weighted by molar-refractivity contribution is 0.332. The summed E-state index contributed by atoms with van der Waals surface area (Å²) in [5, 5.41) is 0.768. The van der Waals surface area contributed by atoms with Gasteiger partial charge in [-0.25, -0.2) is 4.98 Å². The maximum Gasteiger partial charge on any atom is 0.107 e. The number of imidazole rings is 1. The molecule has 0 radical (unpaired) electrons. The molecule has 0 spiro atoms. The molecular formula is C16H21ClN2. The van der Waals surface area contributed by atoms with Crippen LogP contribution in [0.25, 0.3) is 11.0 Å². The molecule has 2 aromatic rings. The molecule has 3 rings (SSSR count). The second-order valence-corrected chi connectivity index (χ2v) is 6.18. The zero-order chi connectivity index (χ0) is 13.1. The summed E-state index contributed by atoms with van der Waals surface area (Å²) in [7, 11) is 0. The second-order valence-electron chi connectivity index (χ2n) is 5.74. The Morgan fingerprint density at radius 3 is 2.89 bits per heavy atom. The van der Waals surface area contributed by atoms with Crippen molar-refractivity contribution in [2.75, 3.05) is 0 Å². The Bertz CT molecular complexity index is 541. The van der Waals surface area contributed by atoms with Crippen molar-refractivity contribution in [3.8, 4) is 0 Å². The first-order valence-corrected chi connectivity index (χ1v) is 7.83. The van der Waals surface area contributed by atoms with Gasteiger partial charge in [0.05, 0.1) is 11.0 Å². The van der Waals surface area contributed by atoms with E-state index >= 15 is 0 Å². The van der Waals surface area contributed by atoms with Crippen LogP contribution in [0.3, 0.4) is 0 Å². The fourth-order valence-corrected chi connectivity index (χ4v) is 3.36. The second kappa shape index (κ2) is 5.96. The van der Waals surface area contributed by atoms with Crippen LogP contribution in [0.2, 0.25) is 5.02 Å². The number of aryl methyl sites for hydroxylation is 1. The van der Waals surface area contributed by atoms with Crippen LogP contribution in [0.15, 0.2) is 18.2 Å². The van der Waals surface area contributed by atoms with Crippen molar-refractivity contribution in [3.05, 3.63) is 29.0 Å². The maximum atomic E-state index is 5.99. The van der Waals surface area contributed by atoms with Gasteiger partial charge in [-0.05, 0) is 30.5 Å². The third-order valence-corrected chi connectivity index (χ3v) is 4.48. The summed E-state index contributed by atoms with van der Waals surface area (Å²) >= 11 is 5.99. The Morgan fingerprint density at radius 1 is 1.21 bits per heavy atom. The number of fused-ring (bicyclic) bond motifs is 1. The van der Waals surface area contributed by atoms with Gasteiger partial charge in [0.25, 0.3) is 0 Å². The van der Waals surface area contributed by atoms with Crippen LogP contribution in [0.4, 0.5) is 0 Å². The van der Waals surface area contributed by atoms with E-state index in [1.54, 1.807) is 0 Å². The molecule has 1 aromatic heterocycles. The lowest BCUT2D eigenvalue weighted by atomic mass is 9.86. The lowest BCUT2D eigenvalue weighted by Gasteiger charge is -2.20. The van der Waals surface area contributed by atoms with E-state index in [1.807, 2.05) is 18.2 Å². The Morgan fingerprint density at radius 2 is 2.05 bits per heavy atom. The van der Waals surface area contributed by atoms with Crippen molar-refractivity contribution in [1.82, 2.24) is 9.97 Å². The van der Waals surface area contributed by atoms with Crippen LogP contribution in [0, 0.1) is 5.92 Å². The Hall–Kier alpha value is -1.02. The van der Waals surface area contributed by atoms with Gasteiger partial charge in [0.2, 0.25) is 0 Å². The van der Waals surface area contributed by atoms with Crippen molar-refractivity contribution in [2.24, 2.45) is 5.92 Å². The molecule has 1 aliphatic rings. The van der Waals surface area contributed by atoms with E-state index in [2.05, 4.69) is 9.97 Å². The zero-order valence-electron chi connectivity index (χ0n) is 11.3. The summed E-state index contributed by atoms with van der Waals surface area (Å²) < 4.78 is 0. The van der Waals surface area contributed by atoms with E-state index < -0.39 is 0 Å². The summed E-state index contributed by atoms with van der Waals surface area (Å²) in [6.07, 6.45) is 10.9. The van der Waals surface area contributed by atoms with Crippen LogP contribution in [-0.4, -0.2) is 9.97 Å². The van der Waals surface area contributed by atoms with Gasteiger partial charge < -0.3 is 4.98 Å². The number of hydrogen-bond acceptors (Lipinski definition) is 1. The molecule has 0 unspecified atom stereocenters. The fourth-order valence-electron chi connectivity index (χ4n) is 3.19. The number of rotatable bonds is 4. The van der Waals surface area contributed by atoms with Gasteiger partial charge in [0, 0.05) is 11.4 Å². The van der Waals surface area contributed by atoms with Crippen LogP contribution in [0.1, 0.15) is 50.8 Å². The predicted molar refractivity (Wildman–Crippen MR) is 80.6 cm³/mol. The first kappa shape index (κ1) is 13.0. The van der Waals surface area contributed by atoms with Gasteiger partial charge in [0.1, 0.15) is 5.82 Å². The van der Waals surface area contributed by atoms with Crippen LogP contribution < -0.4 is 0 Å². The molecule has 2 nitrogen and oxygen atoms in total. The molecule has 3 heteroatoms. The van der Waals surface area contributed by atoms with Gasteiger partial charge in [-0.15, -0.1) is 0 Å². The molecule has 1 N–H and O–H groups in total. The van der Waals surface area contributed by atoms with Crippen molar-refractivity contribution in [2.45, 2.75) is 51.4 Å². The van der Waals surface area contributed by atoms with Crippen molar-refractivity contribution < 1.29 is 0 Å². The number of nitrogens with zero attached hydrogens (tertiary/aromatic N) is 1. The molecule has 0 aliphatic heterocycles. The quantitative estimate of drug-likeness (QED) is 0.825. The van der Waals surface area contributed by atoms with E-state index in [-0.39, 0.29) is 0 Å². The molecule has 1 fully saturated rings. The molecule has 0 amide bonds. The SMILES string of the molecule is Clc1ccc2nc(CCCC3CCCCC3)[nH]c2c1. The number of aromatic nitrogens is 2. The Kier molecular flexibility index (Phi) is 4.07. The molecule has 0 bridgehead atoms. The highest BCUT2D eigenvalue weighted by atomic mass is 35.5. The minimum Gasteiger partial charge on any atom is -0.342 e. The van der Waals surface area contributed by atoms with Gasteiger partial charge >= 0.3 is 0 Å². The lowest BCUT2D eigenvalue weighted by Crippen LogP contribution is -2.06. The summed E-state index contributed by atoms with van der Waals surface area (Å²) in [5.74, 6) is 2.07. The number of halogens is 1. The normalized spacial score (nSPS) is 17.1. The zero-order valence-corrected chi connectivity index (χ0v) is 12.0. The molecular weight excluding hydrogens is 256 g/mol.